The van der Waals surface area contributed by atoms with Crippen molar-refractivity contribution >= 4 is 40.6 Å². The van der Waals surface area contributed by atoms with E-state index in [2.05, 4.69) is 0 Å². The number of thioether (sulfide) groups is 1. The van der Waals surface area contributed by atoms with E-state index in [1.165, 1.54) is 10.5 Å². The first-order chi connectivity index (χ1) is 16.0. The zero-order valence-corrected chi connectivity index (χ0v) is 19.6. The molecule has 0 saturated carbocycles. The van der Waals surface area contributed by atoms with Crippen LogP contribution in [0.15, 0.2) is 77.7 Å². The van der Waals surface area contributed by atoms with Crippen molar-refractivity contribution in [1.82, 2.24) is 4.90 Å². The summed E-state index contributed by atoms with van der Waals surface area (Å²) in [5.41, 5.74) is 2.68. The molecule has 0 aromatic heterocycles. The first-order valence-electron chi connectivity index (χ1n) is 10.4. The highest BCUT2D eigenvalue weighted by Gasteiger charge is 2.35. The number of aryl methyl sites for hydroxylation is 1. The van der Waals surface area contributed by atoms with E-state index in [1.807, 2.05) is 67.6 Å². The maximum Gasteiger partial charge on any atom is 0.293 e. The van der Waals surface area contributed by atoms with Gasteiger partial charge in [0.2, 0.25) is 0 Å². The molecule has 1 aliphatic rings. The summed E-state index contributed by atoms with van der Waals surface area (Å²) in [6, 6.07) is 22.4. The van der Waals surface area contributed by atoms with Gasteiger partial charge in [0.15, 0.2) is 0 Å². The summed E-state index contributed by atoms with van der Waals surface area (Å²) in [7, 11) is 0. The highest BCUT2D eigenvalue weighted by molar-refractivity contribution is 8.18. The molecular weight excluding hydrogens is 458 g/mol. The number of imide groups is 1. The fraction of sp³-hybridized carbons (Fsp3) is 0.154. The zero-order chi connectivity index (χ0) is 23.2. The van der Waals surface area contributed by atoms with Gasteiger partial charge in [-0.1, -0.05) is 59.6 Å². The summed E-state index contributed by atoms with van der Waals surface area (Å²) in [6.07, 6.45) is 1.70. The van der Waals surface area contributed by atoms with E-state index < -0.39 is 0 Å². The maximum atomic E-state index is 12.8. The smallest absolute Gasteiger partial charge is 0.293 e. The lowest BCUT2D eigenvalue weighted by molar-refractivity contribution is -0.123. The van der Waals surface area contributed by atoms with Gasteiger partial charge in [0.1, 0.15) is 24.7 Å². The Morgan fingerprint density at radius 2 is 1.64 bits per heavy atom. The molecule has 0 spiro atoms. The maximum absolute atomic E-state index is 12.8. The minimum atomic E-state index is -0.331. The van der Waals surface area contributed by atoms with Crippen LogP contribution in [0, 0.1) is 6.92 Å². The van der Waals surface area contributed by atoms with Gasteiger partial charge >= 0.3 is 0 Å². The lowest BCUT2D eigenvalue weighted by atomic mass is 10.2. The van der Waals surface area contributed by atoms with Crippen molar-refractivity contribution in [2.24, 2.45) is 0 Å². The molecule has 1 fully saturated rings. The Labute approximate surface area is 202 Å². The number of halogens is 1. The normalized spacial score (nSPS) is 14.7. The number of carbonyl (C=O) groups is 2. The van der Waals surface area contributed by atoms with E-state index in [0.29, 0.717) is 28.9 Å². The molecule has 0 atom stereocenters. The molecule has 33 heavy (non-hydrogen) atoms. The van der Waals surface area contributed by atoms with Crippen LogP contribution in [0.4, 0.5) is 4.79 Å². The Bertz CT molecular complexity index is 1190. The molecule has 0 radical (unpaired) electrons. The minimum Gasteiger partial charge on any atom is -0.490 e. The molecule has 0 N–H and O–H groups in total. The van der Waals surface area contributed by atoms with Gasteiger partial charge in [-0.2, -0.15) is 0 Å². The molecule has 2 amide bonds. The van der Waals surface area contributed by atoms with Crippen molar-refractivity contribution in [3.63, 3.8) is 0 Å². The van der Waals surface area contributed by atoms with Crippen LogP contribution in [0.3, 0.4) is 0 Å². The Hall–Kier alpha value is -3.22. The first-order valence-corrected chi connectivity index (χ1v) is 11.6. The Morgan fingerprint density at radius 1 is 0.909 bits per heavy atom. The summed E-state index contributed by atoms with van der Waals surface area (Å²) in [6.45, 7) is 2.96. The molecule has 1 aliphatic heterocycles. The zero-order valence-electron chi connectivity index (χ0n) is 18.0. The summed E-state index contributed by atoms with van der Waals surface area (Å²) in [5.74, 6) is 1.12. The topological polar surface area (TPSA) is 55.8 Å². The highest BCUT2D eigenvalue weighted by Crippen LogP contribution is 2.34. The minimum absolute atomic E-state index is 0.145. The predicted molar refractivity (Wildman–Crippen MR) is 132 cm³/mol. The third-order valence-electron chi connectivity index (χ3n) is 4.96. The van der Waals surface area contributed by atoms with E-state index in [4.69, 9.17) is 21.1 Å². The number of carbonyl (C=O) groups excluding carboxylic acids is 2. The summed E-state index contributed by atoms with van der Waals surface area (Å²) in [4.78, 5) is 26.8. The molecule has 0 bridgehead atoms. The van der Waals surface area contributed by atoms with Crippen LogP contribution in [0.2, 0.25) is 5.02 Å². The summed E-state index contributed by atoms with van der Waals surface area (Å²) in [5, 5.41) is 0.212. The predicted octanol–water partition coefficient (Wildman–Crippen LogP) is 6.34. The monoisotopic (exact) mass is 479 g/mol. The fourth-order valence-electron chi connectivity index (χ4n) is 3.23. The largest absolute Gasteiger partial charge is 0.490 e. The van der Waals surface area contributed by atoms with E-state index in [0.717, 1.165) is 28.6 Å². The van der Waals surface area contributed by atoms with Crippen molar-refractivity contribution in [3.8, 4) is 11.5 Å². The van der Waals surface area contributed by atoms with Gasteiger partial charge in [0.05, 0.1) is 11.4 Å². The lowest BCUT2D eigenvalue weighted by Gasteiger charge is -2.13. The number of hydrogen-bond donors (Lipinski definition) is 0. The van der Waals surface area contributed by atoms with Gasteiger partial charge in [-0.05, 0) is 66.2 Å². The number of rotatable bonds is 8. The molecule has 0 unspecified atom stereocenters. The van der Waals surface area contributed by atoms with Crippen LogP contribution >= 0.6 is 23.4 Å². The van der Waals surface area contributed by atoms with Gasteiger partial charge < -0.3 is 9.47 Å². The third-order valence-corrected chi connectivity index (χ3v) is 6.23. The number of nitrogens with zero attached hydrogens (tertiary/aromatic N) is 1. The molecule has 168 valence electrons. The molecular formula is C26H22ClNO4S. The molecule has 3 aromatic rings. The quantitative estimate of drug-likeness (QED) is 0.278. The highest BCUT2D eigenvalue weighted by atomic mass is 35.5. The SMILES string of the molecule is Cc1ccc(OCCOc2cccc(/C=C3\SC(=O)N(Cc4ccccc4Cl)C3=O)c2)cc1. The Balaban J connectivity index is 1.36. The third kappa shape index (κ3) is 5.97. The van der Waals surface area contributed by atoms with Crippen molar-refractivity contribution in [2.45, 2.75) is 13.5 Å². The van der Waals surface area contributed by atoms with E-state index in [-0.39, 0.29) is 17.7 Å². The average Bonchev–Trinajstić information content (AvgIpc) is 3.07. The second-order valence-corrected chi connectivity index (χ2v) is 8.84. The molecule has 1 heterocycles. The molecule has 7 heteroatoms. The number of ether oxygens (including phenoxy) is 2. The van der Waals surface area contributed by atoms with Crippen molar-refractivity contribution < 1.29 is 19.1 Å². The second-order valence-electron chi connectivity index (χ2n) is 7.44. The van der Waals surface area contributed by atoms with E-state index in [9.17, 15) is 9.59 Å². The molecule has 3 aromatic carbocycles. The fourth-order valence-corrected chi connectivity index (χ4v) is 4.27. The van der Waals surface area contributed by atoms with Crippen LogP contribution in [0.1, 0.15) is 16.7 Å². The van der Waals surface area contributed by atoms with Crippen LogP contribution in [-0.4, -0.2) is 29.3 Å². The van der Waals surface area contributed by atoms with Gasteiger partial charge in [-0.25, -0.2) is 0 Å². The molecule has 4 rings (SSSR count). The van der Waals surface area contributed by atoms with Gasteiger partial charge in [-0.3, -0.25) is 14.5 Å². The van der Waals surface area contributed by atoms with Crippen molar-refractivity contribution in [3.05, 3.63) is 99.4 Å². The molecule has 0 aliphatic carbocycles. The van der Waals surface area contributed by atoms with Crippen LogP contribution in [0.5, 0.6) is 11.5 Å². The number of benzene rings is 3. The number of hydrogen-bond acceptors (Lipinski definition) is 5. The van der Waals surface area contributed by atoms with Crippen LogP contribution < -0.4 is 9.47 Å². The van der Waals surface area contributed by atoms with E-state index >= 15 is 0 Å². The van der Waals surface area contributed by atoms with Crippen molar-refractivity contribution in [2.75, 3.05) is 13.2 Å². The first kappa shape index (κ1) is 23.0. The molecule has 1 saturated heterocycles. The Morgan fingerprint density at radius 3 is 2.39 bits per heavy atom. The van der Waals surface area contributed by atoms with Crippen LogP contribution in [-0.2, 0) is 11.3 Å². The average molecular weight is 480 g/mol. The number of amides is 2. The molecule has 5 nitrogen and oxygen atoms in total. The summed E-state index contributed by atoms with van der Waals surface area (Å²) >= 11 is 7.10. The van der Waals surface area contributed by atoms with E-state index in [1.54, 1.807) is 18.2 Å². The lowest BCUT2D eigenvalue weighted by Crippen LogP contribution is -2.27. The van der Waals surface area contributed by atoms with Gasteiger partial charge in [-0.15, -0.1) is 0 Å². The Kier molecular flexibility index (Phi) is 7.37. The van der Waals surface area contributed by atoms with Crippen LogP contribution in [0.25, 0.3) is 6.08 Å². The standard InChI is InChI=1S/C26H22ClNO4S/c1-18-9-11-21(12-10-18)31-13-14-32-22-7-4-5-19(15-22)16-24-25(29)28(26(30)33-24)17-20-6-2-3-8-23(20)27/h2-12,15-16H,13-14,17H2,1H3/b24-16-. The van der Waals surface area contributed by atoms with Gasteiger partial charge in [0.25, 0.3) is 11.1 Å². The van der Waals surface area contributed by atoms with Gasteiger partial charge in [0, 0.05) is 5.02 Å². The second kappa shape index (κ2) is 10.6. The summed E-state index contributed by atoms with van der Waals surface area (Å²) < 4.78 is 11.5. The van der Waals surface area contributed by atoms with Crippen molar-refractivity contribution in [1.29, 1.82) is 0 Å².